The van der Waals surface area contributed by atoms with E-state index < -0.39 is 11.9 Å². The number of methoxy groups -OCH3 is 1. The minimum Gasteiger partial charge on any atom is -0.496 e. The number of carbonyl (C=O) groups is 3. The number of hydrogen-bond acceptors (Lipinski definition) is 7. The molecule has 10 heteroatoms. The van der Waals surface area contributed by atoms with Crippen molar-refractivity contribution in [2.24, 2.45) is 0 Å². The van der Waals surface area contributed by atoms with Gasteiger partial charge in [-0.05, 0) is 13.0 Å². The van der Waals surface area contributed by atoms with Crippen LogP contribution in [0.4, 0.5) is 5.82 Å². The van der Waals surface area contributed by atoms with E-state index in [9.17, 15) is 4.79 Å². The molecule has 0 saturated carbocycles. The Morgan fingerprint density at radius 1 is 1.19 bits per heavy atom. The number of carboxylic acid groups (broad SMARTS) is 2. The van der Waals surface area contributed by atoms with Gasteiger partial charge in [0, 0.05) is 18.2 Å². The van der Waals surface area contributed by atoms with Crippen LogP contribution in [0, 0.1) is 6.92 Å². The van der Waals surface area contributed by atoms with Gasteiger partial charge in [-0.2, -0.15) is 0 Å². The molecule has 1 aromatic heterocycles. The molecule has 1 heterocycles. The first-order valence-corrected chi connectivity index (χ1v) is 7.35. The van der Waals surface area contributed by atoms with Crippen LogP contribution < -0.4 is 15.4 Å². The molecular formula is C16H19N3O7. The van der Waals surface area contributed by atoms with Crippen molar-refractivity contribution in [3.63, 3.8) is 0 Å². The summed E-state index contributed by atoms with van der Waals surface area (Å²) >= 11 is 0. The molecule has 0 aliphatic heterocycles. The number of nitrogens with one attached hydrogen (secondary N) is 2. The zero-order valence-electron chi connectivity index (χ0n) is 14.2. The second-order valence-electron chi connectivity index (χ2n) is 4.90. The van der Waals surface area contributed by atoms with Crippen molar-refractivity contribution < 1.29 is 33.9 Å². The highest BCUT2D eigenvalue weighted by molar-refractivity contribution is 6.27. The van der Waals surface area contributed by atoms with Gasteiger partial charge >= 0.3 is 11.9 Å². The number of anilines is 1. The van der Waals surface area contributed by atoms with E-state index in [0.717, 1.165) is 11.3 Å². The fraction of sp³-hybridized carbons (Fsp3) is 0.250. The van der Waals surface area contributed by atoms with Gasteiger partial charge in [-0.1, -0.05) is 23.4 Å². The Balaban J connectivity index is 0.000000487. The summed E-state index contributed by atoms with van der Waals surface area (Å²) in [5.74, 6) is -1.94. The van der Waals surface area contributed by atoms with Crippen LogP contribution in [-0.4, -0.2) is 46.9 Å². The smallest absolute Gasteiger partial charge is 0.414 e. The molecule has 4 N–H and O–H groups in total. The van der Waals surface area contributed by atoms with Crippen molar-refractivity contribution in [1.29, 1.82) is 0 Å². The molecule has 0 fully saturated rings. The minimum atomic E-state index is -1.82. The summed E-state index contributed by atoms with van der Waals surface area (Å²) in [5.41, 5.74) is 1.00. The Labute approximate surface area is 148 Å². The van der Waals surface area contributed by atoms with Crippen LogP contribution in [0.2, 0.25) is 0 Å². The predicted octanol–water partition coefficient (Wildman–Crippen LogP) is 0.876. The maximum atomic E-state index is 11.7. The quantitative estimate of drug-likeness (QED) is 0.547. The molecule has 0 unspecified atom stereocenters. The van der Waals surface area contributed by atoms with Crippen molar-refractivity contribution in [2.75, 3.05) is 19.0 Å². The Bertz CT molecular complexity index is 746. The molecule has 140 valence electrons. The Kier molecular flexibility index (Phi) is 8.31. The molecule has 0 radical (unpaired) electrons. The molecule has 0 atom stereocenters. The van der Waals surface area contributed by atoms with Crippen molar-refractivity contribution >= 4 is 23.7 Å². The number of aromatic nitrogens is 1. The van der Waals surface area contributed by atoms with E-state index in [-0.39, 0.29) is 12.5 Å². The van der Waals surface area contributed by atoms with Gasteiger partial charge in [-0.15, -0.1) is 0 Å². The molecule has 0 spiro atoms. The molecule has 10 nitrogen and oxygen atoms in total. The van der Waals surface area contributed by atoms with Crippen LogP contribution in [0.1, 0.15) is 11.3 Å². The molecule has 0 bridgehead atoms. The molecule has 2 rings (SSSR count). The summed E-state index contributed by atoms with van der Waals surface area (Å²) in [7, 11) is 1.62. The lowest BCUT2D eigenvalue weighted by molar-refractivity contribution is -0.159. The third-order valence-corrected chi connectivity index (χ3v) is 2.87. The number of carboxylic acids is 2. The van der Waals surface area contributed by atoms with E-state index in [1.807, 2.05) is 24.3 Å². The van der Waals surface area contributed by atoms with Crippen LogP contribution in [0.3, 0.4) is 0 Å². The molecule has 2 aromatic rings. The molecule has 0 saturated heterocycles. The van der Waals surface area contributed by atoms with Gasteiger partial charge < -0.3 is 30.1 Å². The number of aliphatic carboxylic acids is 2. The monoisotopic (exact) mass is 365 g/mol. The molecule has 0 aliphatic rings. The summed E-state index contributed by atoms with van der Waals surface area (Å²) < 4.78 is 10.1. The maximum Gasteiger partial charge on any atom is 0.414 e. The van der Waals surface area contributed by atoms with Crippen LogP contribution in [-0.2, 0) is 20.9 Å². The minimum absolute atomic E-state index is 0.173. The van der Waals surface area contributed by atoms with E-state index in [0.29, 0.717) is 18.1 Å². The third kappa shape index (κ3) is 7.45. The second kappa shape index (κ2) is 10.5. The topological polar surface area (TPSA) is 151 Å². The van der Waals surface area contributed by atoms with Gasteiger partial charge in [0.05, 0.1) is 13.7 Å². The van der Waals surface area contributed by atoms with E-state index >= 15 is 0 Å². The zero-order valence-corrected chi connectivity index (χ0v) is 14.2. The standard InChI is InChI=1S/C14H17N3O3.C2H2O4/c1-10-7-13(17-20-10)16-14(18)9-15-8-11-5-3-4-6-12(11)19-2;3-1(4)2(5)6/h3-7,15H,8-9H2,1-2H3,(H,16,17,18);(H,3,4)(H,5,6). The number of rotatable bonds is 6. The fourth-order valence-electron chi connectivity index (χ4n) is 1.77. The number of ether oxygens (including phenoxy) is 1. The average molecular weight is 365 g/mol. The lowest BCUT2D eigenvalue weighted by atomic mass is 10.2. The highest BCUT2D eigenvalue weighted by Gasteiger charge is 2.07. The predicted molar refractivity (Wildman–Crippen MR) is 89.8 cm³/mol. The second-order valence-corrected chi connectivity index (χ2v) is 4.90. The Morgan fingerprint density at radius 3 is 2.38 bits per heavy atom. The van der Waals surface area contributed by atoms with Crippen molar-refractivity contribution in [2.45, 2.75) is 13.5 Å². The van der Waals surface area contributed by atoms with Gasteiger partial charge in [-0.25, -0.2) is 9.59 Å². The van der Waals surface area contributed by atoms with Gasteiger partial charge in [0.2, 0.25) is 5.91 Å². The first-order valence-electron chi connectivity index (χ1n) is 7.35. The first kappa shape index (κ1) is 20.6. The third-order valence-electron chi connectivity index (χ3n) is 2.87. The van der Waals surface area contributed by atoms with Crippen LogP contribution >= 0.6 is 0 Å². The normalized spacial score (nSPS) is 9.62. The number of benzene rings is 1. The maximum absolute atomic E-state index is 11.7. The largest absolute Gasteiger partial charge is 0.496 e. The number of amides is 1. The van der Waals surface area contributed by atoms with Crippen molar-refractivity contribution in [3.8, 4) is 5.75 Å². The summed E-state index contributed by atoms with van der Waals surface area (Å²) in [6.07, 6.45) is 0. The highest BCUT2D eigenvalue weighted by Crippen LogP contribution is 2.16. The van der Waals surface area contributed by atoms with Gasteiger partial charge in [0.15, 0.2) is 5.82 Å². The number of hydrogen-bond donors (Lipinski definition) is 4. The molecular weight excluding hydrogens is 346 g/mol. The lowest BCUT2D eigenvalue weighted by Gasteiger charge is -2.09. The Hall–Kier alpha value is -3.40. The van der Waals surface area contributed by atoms with E-state index in [4.69, 9.17) is 29.1 Å². The summed E-state index contributed by atoms with van der Waals surface area (Å²) in [4.78, 5) is 29.9. The molecule has 26 heavy (non-hydrogen) atoms. The fourth-order valence-corrected chi connectivity index (χ4v) is 1.77. The van der Waals surface area contributed by atoms with E-state index in [1.54, 1.807) is 20.1 Å². The Morgan fingerprint density at radius 2 is 1.85 bits per heavy atom. The van der Waals surface area contributed by atoms with Gasteiger partial charge in [-0.3, -0.25) is 4.79 Å². The van der Waals surface area contributed by atoms with Gasteiger partial charge in [0.25, 0.3) is 0 Å². The van der Waals surface area contributed by atoms with E-state index in [1.165, 1.54) is 0 Å². The van der Waals surface area contributed by atoms with E-state index in [2.05, 4.69) is 15.8 Å². The summed E-state index contributed by atoms with van der Waals surface area (Å²) in [5, 5.41) is 24.2. The van der Waals surface area contributed by atoms with Crippen LogP contribution in [0.25, 0.3) is 0 Å². The lowest BCUT2D eigenvalue weighted by Crippen LogP contribution is -2.27. The summed E-state index contributed by atoms with van der Waals surface area (Å²) in [6, 6.07) is 9.33. The van der Waals surface area contributed by atoms with Crippen LogP contribution in [0.5, 0.6) is 5.75 Å². The zero-order chi connectivity index (χ0) is 19.5. The average Bonchev–Trinajstić information content (AvgIpc) is 3.00. The number of carbonyl (C=O) groups excluding carboxylic acids is 1. The first-order chi connectivity index (χ1) is 12.3. The van der Waals surface area contributed by atoms with Gasteiger partial charge in [0.1, 0.15) is 11.5 Å². The SMILES string of the molecule is COc1ccccc1CNCC(=O)Nc1cc(C)on1.O=C(O)C(=O)O. The highest BCUT2D eigenvalue weighted by atomic mass is 16.5. The number of aryl methyl sites for hydroxylation is 1. The van der Waals surface area contributed by atoms with Crippen LogP contribution in [0.15, 0.2) is 34.9 Å². The van der Waals surface area contributed by atoms with Crippen molar-refractivity contribution in [3.05, 3.63) is 41.7 Å². The summed E-state index contributed by atoms with van der Waals surface area (Å²) in [6.45, 7) is 2.50. The molecule has 1 aromatic carbocycles. The number of para-hydroxylation sites is 1. The van der Waals surface area contributed by atoms with Crippen molar-refractivity contribution in [1.82, 2.24) is 10.5 Å². The molecule has 0 aliphatic carbocycles. The number of nitrogens with zero attached hydrogens (tertiary/aromatic N) is 1. The molecule has 1 amide bonds.